The van der Waals surface area contributed by atoms with Gasteiger partial charge in [-0.1, -0.05) is 12.1 Å². The minimum atomic E-state index is -0.195. The van der Waals surface area contributed by atoms with Crippen LogP contribution >= 0.6 is 0 Å². The molecule has 2 aromatic carbocycles. The van der Waals surface area contributed by atoms with Crippen LogP contribution in [-0.4, -0.2) is 64.6 Å². The zero-order chi connectivity index (χ0) is 22.7. The summed E-state index contributed by atoms with van der Waals surface area (Å²) in [6.07, 6.45) is 1.89. The number of para-hydroxylation sites is 2. The Hall–Kier alpha value is -2.44. The van der Waals surface area contributed by atoms with E-state index >= 15 is 0 Å². The molecule has 2 heterocycles. The molecule has 6 nitrogen and oxygen atoms in total. The Morgan fingerprint density at radius 2 is 1.56 bits per heavy atom. The van der Waals surface area contributed by atoms with Crippen molar-refractivity contribution in [3.63, 3.8) is 0 Å². The second kappa shape index (κ2) is 9.59. The van der Waals surface area contributed by atoms with Crippen LogP contribution in [0.4, 0.5) is 5.69 Å². The lowest BCUT2D eigenvalue weighted by Crippen LogP contribution is -2.47. The van der Waals surface area contributed by atoms with Gasteiger partial charge in [0.1, 0.15) is 5.75 Å². The standard InChI is InChI=1S/C26H36N2O4/c1-26(2)18-19-16-24(30-4)25(31-5)17-20(19)22(32-26)10-11-27-12-14-28(15-13-27)21-8-6-7-9-23(21)29-3/h6-9,16-17,22H,10-15,18H2,1-5H3. The Morgan fingerprint density at radius 1 is 0.906 bits per heavy atom. The predicted octanol–water partition coefficient (Wildman–Crippen LogP) is 4.32. The topological polar surface area (TPSA) is 43.4 Å². The van der Waals surface area contributed by atoms with E-state index in [1.807, 2.05) is 12.1 Å². The molecule has 1 atom stereocenters. The number of benzene rings is 2. The van der Waals surface area contributed by atoms with E-state index in [1.54, 1.807) is 21.3 Å². The van der Waals surface area contributed by atoms with E-state index in [0.717, 1.165) is 62.8 Å². The van der Waals surface area contributed by atoms with Crippen molar-refractivity contribution in [1.29, 1.82) is 0 Å². The first-order valence-corrected chi connectivity index (χ1v) is 11.5. The molecule has 1 fully saturated rings. The molecule has 0 aliphatic carbocycles. The summed E-state index contributed by atoms with van der Waals surface area (Å²) in [7, 11) is 5.12. The molecule has 32 heavy (non-hydrogen) atoms. The monoisotopic (exact) mass is 440 g/mol. The summed E-state index contributed by atoms with van der Waals surface area (Å²) in [6, 6.07) is 12.5. The van der Waals surface area contributed by atoms with Crippen molar-refractivity contribution < 1.29 is 18.9 Å². The van der Waals surface area contributed by atoms with Gasteiger partial charge in [0.05, 0.1) is 38.7 Å². The highest BCUT2D eigenvalue weighted by molar-refractivity contribution is 5.58. The summed E-state index contributed by atoms with van der Waals surface area (Å²) in [5, 5.41) is 0. The molecule has 0 saturated carbocycles. The smallest absolute Gasteiger partial charge is 0.161 e. The SMILES string of the molecule is COc1cc2c(cc1OC)C(CCN1CCN(c3ccccc3OC)CC1)OC(C)(C)C2. The van der Waals surface area contributed by atoms with Crippen LogP contribution in [0.1, 0.15) is 37.5 Å². The van der Waals surface area contributed by atoms with Crippen molar-refractivity contribution in [3.8, 4) is 17.2 Å². The fourth-order valence-corrected chi connectivity index (χ4v) is 4.96. The van der Waals surface area contributed by atoms with Crippen molar-refractivity contribution >= 4 is 5.69 Å². The van der Waals surface area contributed by atoms with Crippen LogP contribution in [-0.2, 0) is 11.2 Å². The largest absolute Gasteiger partial charge is 0.495 e. The molecule has 2 aliphatic heterocycles. The molecule has 1 saturated heterocycles. The molecule has 1 unspecified atom stereocenters. The Kier molecular flexibility index (Phi) is 6.82. The Labute approximate surface area is 192 Å². The van der Waals surface area contributed by atoms with Gasteiger partial charge in [0, 0.05) is 39.1 Å². The number of nitrogens with zero attached hydrogens (tertiary/aromatic N) is 2. The van der Waals surface area contributed by atoms with Gasteiger partial charge in [-0.25, -0.2) is 0 Å². The lowest BCUT2D eigenvalue weighted by Gasteiger charge is -2.40. The number of hydrogen-bond acceptors (Lipinski definition) is 6. The maximum atomic E-state index is 6.54. The normalized spacial score (nSPS) is 20.5. The predicted molar refractivity (Wildman–Crippen MR) is 127 cm³/mol. The van der Waals surface area contributed by atoms with Crippen LogP contribution in [0.5, 0.6) is 17.2 Å². The van der Waals surface area contributed by atoms with E-state index in [1.165, 1.54) is 16.8 Å². The fraction of sp³-hybridized carbons (Fsp3) is 0.538. The van der Waals surface area contributed by atoms with Crippen LogP contribution in [0.15, 0.2) is 36.4 Å². The van der Waals surface area contributed by atoms with Crippen LogP contribution in [0.3, 0.4) is 0 Å². The first-order valence-electron chi connectivity index (χ1n) is 11.5. The maximum Gasteiger partial charge on any atom is 0.161 e. The fourth-order valence-electron chi connectivity index (χ4n) is 4.96. The average Bonchev–Trinajstić information content (AvgIpc) is 2.81. The molecule has 174 valence electrons. The van der Waals surface area contributed by atoms with Crippen LogP contribution in [0.25, 0.3) is 0 Å². The van der Waals surface area contributed by atoms with Gasteiger partial charge in [-0.05, 0) is 55.7 Å². The van der Waals surface area contributed by atoms with Crippen molar-refractivity contribution in [2.75, 3.05) is 59.0 Å². The third-order valence-corrected chi connectivity index (χ3v) is 6.58. The summed E-state index contributed by atoms with van der Waals surface area (Å²) >= 11 is 0. The molecule has 0 bridgehead atoms. The molecule has 4 rings (SSSR count). The van der Waals surface area contributed by atoms with Gasteiger partial charge < -0.3 is 23.8 Å². The van der Waals surface area contributed by atoms with Crippen molar-refractivity contribution in [3.05, 3.63) is 47.5 Å². The number of ether oxygens (including phenoxy) is 4. The van der Waals surface area contributed by atoms with Gasteiger partial charge in [0.2, 0.25) is 0 Å². The number of hydrogen-bond donors (Lipinski definition) is 0. The quantitative estimate of drug-likeness (QED) is 0.639. The third-order valence-electron chi connectivity index (χ3n) is 6.58. The summed E-state index contributed by atoms with van der Waals surface area (Å²) in [5.41, 5.74) is 3.52. The number of methoxy groups -OCH3 is 3. The first-order chi connectivity index (χ1) is 15.4. The van der Waals surface area contributed by atoms with E-state index in [0.29, 0.717) is 0 Å². The van der Waals surface area contributed by atoms with Crippen LogP contribution in [0, 0.1) is 0 Å². The molecular formula is C26H36N2O4. The molecule has 2 aliphatic rings. The highest BCUT2D eigenvalue weighted by Crippen LogP contribution is 2.42. The van der Waals surface area contributed by atoms with Gasteiger partial charge in [-0.15, -0.1) is 0 Å². The molecule has 0 N–H and O–H groups in total. The lowest BCUT2D eigenvalue weighted by molar-refractivity contribution is -0.0903. The second-order valence-corrected chi connectivity index (χ2v) is 9.24. The van der Waals surface area contributed by atoms with Gasteiger partial charge in [-0.3, -0.25) is 4.90 Å². The zero-order valence-corrected chi connectivity index (χ0v) is 20.0. The van der Waals surface area contributed by atoms with Gasteiger partial charge in [0.15, 0.2) is 11.5 Å². The Bertz CT molecular complexity index is 922. The van der Waals surface area contributed by atoms with E-state index in [2.05, 4.69) is 47.9 Å². The minimum absolute atomic E-state index is 0.0563. The minimum Gasteiger partial charge on any atom is -0.495 e. The first kappa shape index (κ1) is 22.7. The maximum absolute atomic E-state index is 6.54. The van der Waals surface area contributed by atoms with Crippen molar-refractivity contribution in [2.24, 2.45) is 0 Å². The van der Waals surface area contributed by atoms with E-state index in [-0.39, 0.29) is 11.7 Å². The van der Waals surface area contributed by atoms with Crippen molar-refractivity contribution in [2.45, 2.75) is 38.4 Å². The number of anilines is 1. The number of piperazine rings is 1. The molecule has 0 spiro atoms. The molecular weight excluding hydrogens is 404 g/mol. The highest BCUT2D eigenvalue weighted by atomic mass is 16.5. The molecule has 6 heteroatoms. The highest BCUT2D eigenvalue weighted by Gasteiger charge is 2.34. The zero-order valence-electron chi connectivity index (χ0n) is 20.0. The summed E-state index contributed by atoms with van der Waals surface area (Å²) in [4.78, 5) is 4.96. The Balaban J connectivity index is 1.41. The number of fused-ring (bicyclic) bond motifs is 1. The van der Waals surface area contributed by atoms with Gasteiger partial charge in [0.25, 0.3) is 0 Å². The molecule has 2 aromatic rings. The summed E-state index contributed by atoms with van der Waals surface area (Å²) < 4.78 is 23.2. The van der Waals surface area contributed by atoms with Gasteiger partial charge >= 0.3 is 0 Å². The van der Waals surface area contributed by atoms with E-state index in [9.17, 15) is 0 Å². The molecule has 0 aromatic heterocycles. The van der Waals surface area contributed by atoms with Crippen LogP contribution < -0.4 is 19.1 Å². The second-order valence-electron chi connectivity index (χ2n) is 9.24. The lowest BCUT2D eigenvalue weighted by atomic mass is 9.87. The van der Waals surface area contributed by atoms with E-state index in [4.69, 9.17) is 18.9 Å². The molecule has 0 amide bonds. The summed E-state index contributed by atoms with van der Waals surface area (Å²) in [6.45, 7) is 9.42. The molecule has 0 radical (unpaired) electrons. The average molecular weight is 441 g/mol. The Morgan fingerprint density at radius 3 is 2.25 bits per heavy atom. The summed E-state index contributed by atoms with van der Waals surface area (Å²) in [5.74, 6) is 2.50. The van der Waals surface area contributed by atoms with Crippen LogP contribution in [0.2, 0.25) is 0 Å². The van der Waals surface area contributed by atoms with E-state index < -0.39 is 0 Å². The number of rotatable bonds is 7. The van der Waals surface area contributed by atoms with Gasteiger partial charge in [-0.2, -0.15) is 0 Å². The van der Waals surface area contributed by atoms with Crippen molar-refractivity contribution in [1.82, 2.24) is 4.90 Å². The third kappa shape index (κ3) is 4.81.